The molecule has 33 heavy (non-hydrogen) atoms. The van der Waals surface area contributed by atoms with Gasteiger partial charge in [-0.2, -0.15) is 4.98 Å². The van der Waals surface area contributed by atoms with Crippen LogP contribution in [0.4, 0.5) is 11.8 Å². The molecule has 6 nitrogen and oxygen atoms in total. The van der Waals surface area contributed by atoms with Gasteiger partial charge in [0.15, 0.2) is 0 Å². The van der Waals surface area contributed by atoms with Gasteiger partial charge in [-0.1, -0.05) is 48.5 Å². The van der Waals surface area contributed by atoms with E-state index in [2.05, 4.69) is 52.6 Å². The quantitative estimate of drug-likeness (QED) is 0.553. The van der Waals surface area contributed by atoms with E-state index in [9.17, 15) is 4.79 Å². The number of aromatic nitrogens is 2. The Morgan fingerprint density at radius 3 is 2.58 bits per heavy atom. The minimum atomic E-state index is -0.171. The number of nitrogens with zero attached hydrogens (tertiary/aromatic N) is 3. The third-order valence-electron chi connectivity index (χ3n) is 7.01. The fraction of sp³-hybridized carbons (Fsp3) is 0.370. The summed E-state index contributed by atoms with van der Waals surface area (Å²) >= 11 is 0. The lowest BCUT2D eigenvalue weighted by Gasteiger charge is -2.25. The van der Waals surface area contributed by atoms with E-state index in [-0.39, 0.29) is 11.4 Å². The van der Waals surface area contributed by atoms with E-state index in [0.29, 0.717) is 24.5 Å². The van der Waals surface area contributed by atoms with Crippen molar-refractivity contribution >= 4 is 17.7 Å². The Morgan fingerprint density at radius 2 is 1.82 bits per heavy atom. The summed E-state index contributed by atoms with van der Waals surface area (Å²) in [7, 11) is 0. The van der Waals surface area contributed by atoms with Crippen LogP contribution >= 0.6 is 0 Å². The normalized spacial score (nSPS) is 16.1. The lowest BCUT2D eigenvalue weighted by Crippen LogP contribution is -2.33. The number of rotatable bonds is 7. The number of benzene rings is 2. The highest BCUT2D eigenvalue weighted by atomic mass is 16.1. The van der Waals surface area contributed by atoms with Gasteiger partial charge in [0.25, 0.3) is 5.91 Å². The molecule has 1 aliphatic carbocycles. The number of carbonyl (C=O) groups excluding carboxylic acids is 1. The minimum Gasteiger partial charge on any atom is -0.365 e. The first kappa shape index (κ1) is 21.4. The Labute approximate surface area is 195 Å². The number of nitrogens with one attached hydrogen (secondary N) is 2. The topological polar surface area (TPSA) is 70.2 Å². The Kier molecular flexibility index (Phi) is 5.75. The van der Waals surface area contributed by atoms with Gasteiger partial charge >= 0.3 is 0 Å². The largest absolute Gasteiger partial charge is 0.365 e. The fourth-order valence-electron chi connectivity index (χ4n) is 4.69. The molecule has 0 radical (unpaired) electrons. The molecule has 0 atom stereocenters. The van der Waals surface area contributed by atoms with E-state index >= 15 is 0 Å². The predicted octanol–water partition coefficient (Wildman–Crippen LogP) is 4.77. The highest BCUT2D eigenvalue weighted by Crippen LogP contribution is 2.50. The van der Waals surface area contributed by atoms with Gasteiger partial charge in [0.05, 0.1) is 0 Å². The number of anilines is 2. The van der Waals surface area contributed by atoms with E-state index in [1.165, 1.54) is 36.8 Å². The van der Waals surface area contributed by atoms with Gasteiger partial charge in [-0.05, 0) is 61.8 Å². The van der Waals surface area contributed by atoms with Gasteiger partial charge in [0.2, 0.25) is 5.95 Å². The van der Waals surface area contributed by atoms with Crippen molar-refractivity contribution in [2.75, 3.05) is 16.8 Å². The highest BCUT2D eigenvalue weighted by Gasteiger charge is 2.51. The summed E-state index contributed by atoms with van der Waals surface area (Å²) in [5, 5.41) is 6.44. The molecule has 1 aromatic heterocycles. The van der Waals surface area contributed by atoms with Crippen LogP contribution in [0.5, 0.6) is 0 Å². The summed E-state index contributed by atoms with van der Waals surface area (Å²) in [6.07, 6.45) is 6.48. The molecule has 6 heteroatoms. The van der Waals surface area contributed by atoms with Crippen LogP contribution in [0.3, 0.4) is 0 Å². The van der Waals surface area contributed by atoms with Crippen LogP contribution in [0.1, 0.15) is 58.3 Å². The van der Waals surface area contributed by atoms with E-state index in [1.807, 2.05) is 30.3 Å². The number of amides is 1. The average molecular weight is 442 g/mol. The van der Waals surface area contributed by atoms with Crippen molar-refractivity contribution in [1.29, 1.82) is 0 Å². The van der Waals surface area contributed by atoms with Gasteiger partial charge in [0.1, 0.15) is 11.4 Å². The summed E-state index contributed by atoms with van der Waals surface area (Å²) in [6.45, 7) is 6.28. The lowest BCUT2D eigenvalue weighted by molar-refractivity contribution is 0.0951. The third-order valence-corrected chi connectivity index (χ3v) is 7.01. The molecule has 1 saturated carbocycles. The second-order valence-corrected chi connectivity index (χ2v) is 9.35. The first-order valence-electron chi connectivity index (χ1n) is 11.8. The molecule has 1 spiro atoms. The maximum absolute atomic E-state index is 13.1. The molecular weight excluding hydrogens is 410 g/mol. The Balaban J connectivity index is 1.38. The predicted molar refractivity (Wildman–Crippen MR) is 131 cm³/mol. The third kappa shape index (κ3) is 4.56. The first-order chi connectivity index (χ1) is 16.0. The molecule has 2 aliphatic rings. The number of carbonyl (C=O) groups is 1. The second-order valence-electron chi connectivity index (χ2n) is 9.35. The molecule has 0 unspecified atom stereocenters. The van der Waals surface area contributed by atoms with E-state index in [4.69, 9.17) is 4.98 Å². The zero-order valence-corrected chi connectivity index (χ0v) is 19.4. The summed E-state index contributed by atoms with van der Waals surface area (Å²) in [5.41, 5.74) is 5.47. The van der Waals surface area contributed by atoms with Gasteiger partial charge in [-0.15, -0.1) is 0 Å². The summed E-state index contributed by atoms with van der Waals surface area (Å²) in [4.78, 5) is 24.9. The van der Waals surface area contributed by atoms with Crippen LogP contribution in [0.2, 0.25) is 0 Å². The standard InChI is InChI=1S/C27H31N5O/c1-19-9-10-22(15-20(19)2)17-28-24-23(25(33)29-16-21-7-4-3-5-8-21)18-30-26(31-24)32-14-6-11-27(32)12-13-27/h3-5,7-10,15,18H,6,11-14,16-17H2,1-2H3,(H,29,33)(H,28,30,31). The van der Waals surface area contributed by atoms with Crippen LogP contribution in [-0.4, -0.2) is 28.0 Å². The maximum Gasteiger partial charge on any atom is 0.256 e. The van der Waals surface area contributed by atoms with Crippen molar-refractivity contribution in [3.8, 4) is 0 Å². The van der Waals surface area contributed by atoms with Gasteiger partial charge in [-0.3, -0.25) is 4.79 Å². The molecule has 1 aliphatic heterocycles. The molecule has 2 N–H and O–H groups in total. The second kappa shape index (κ2) is 8.85. The van der Waals surface area contributed by atoms with Crippen LogP contribution in [0.15, 0.2) is 54.7 Å². The maximum atomic E-state index is 13.1. The smallest absolute Gasteiger partial charge is 0.256 e. The summed E-state index contributed by atoms with van der Waals surface area (Å²) in [5.74, 6) is 1.15. The Morgan fingerprint density at radius 1 is 1.00 bits per heavy atom. The molecule has 2 heterocycles. The molecule has 2 fully saturated rings. The van der Waals surface area contributed by atoms with Crippen LogP contribution in [0, 0.1) is 13.8 Å². The zero-order valence-electron chi connectivity index (χ0n) is 19.4. The Bertz CT molecular complexity index is 1160. The first-order valence-corrected chi connectivity index (χ1v) is 11.8. The van der Waals surface area contributed by atoms with Crippen molar-refractivity contribution in [3.05, 3.63) is 82.5 Å². The Hall–Kier alpha value is -3.41. The molecule has 1 saturated heterocycles. The van der Waals surface area contributed by atoms with Crippen molar-refractivity contribution in [1.82, 2.24) is 15.3 Å². The molecular formula is C27H31N5O. The van der Waals surface area contributed by atoms with Crippen LogP contribution in [0.25, 0.3) is 0 Å². The van der Waals surface area contributed by atoms with Crippen LogP contribution < -0.4 is 15.5 Å². The lowest BCUT2D eigenvalue weighted by atomic mass is 10.1. The zero-order chi connectivity index (χ0) is 22.8. The van der Waals surface area contributed by atoms with Gasteiger partial charge < -0.3 is 15.5 Å². The van der Waals surface area contributed by atoms with Gasteiger partial charge in [0, 0.05) is 31.4 Å². The molecule has 5 rings (SSSR count). The number of hydrogen-bond donors (Lipinski definition) is 2. The van der Waals surface area contributed by atoms with E-state index in [1.54, 1.807) is 6.20 Å². The SMILES string of the molecule is Cc1ccc(CNc2nc(N3CCCC34CC4)ncc2C(=O)NCc2ccccc2)cc1C. The summed E-state index contributed by atoms with van der Waals surface area (Å²) < 4.78 is 0. The average Bonchev–Trinajstić information content (AvgIpc) is 3.49. The molecule has 0 bridgehead atoms. The monoisotopic (exact) mass is 441 g/mol. The number of aryl methyl sites for hydroxylation is 2. The minimum absolute atomic E-state index is 0.171. The highest BCUT2D eigenvalue weighted by molar-refractivity contribution is 5.98. The van der Waals surface area contributed by atoms with Gasteiger partial charge in [-0.25, -0.2) is 4.98 Å². The van der Waals surface area contributed by atoms with E-state index in [0.717, 1.165) is 23.6 Å². The van der Waals surface area contributed by atoms with Crippen molar-refractivity contribution in [2.45, 2.75) is 58.2 Å². The summed E-state index contributed by atoms with van der Waals surface area (Å²) in [6, 6.07) is 16.3. The van der Waals surface area contributed by atoms with Crippen LogP contribution in [-0.2, 0) is 13.1 Å². The van der Waals surface area contributed by atoms with Crippen molar-refractivity contribution < 1.29 is 4.79 Å². The van der Waals surface area contributed by atoms with E-state index < -0.39 is 0 Å². The fourth-order valence-corrected chi connectivity index (χ4v) is 4.69. The van der Waals surface area contributed by atoms with Crippen molar-refractivity contribution in [3.63, 3.8) is 0 Å². The molecule has 1 amide bonds. The molecule has 3 aromatic rings. The molecule has 170 valence electrons. The molecule has 2 aromatic carbocycles. The van der Waals surface area contributed by atoms with Crippen molar-refractivity contribution in [2.24, 2.45) is 0 Å². The number of hydrogen-bond acceptors (Lipinski definition) is 5.